The van der Waals surface area contributed by atoms with Crippen LogP contribution in [-0.4, -0.2) is 30.6 Å². The number of halogens is 2. The van der Waals surface area contributed by atoms with Gasteiger partial charge in [0.15, 0.2) is 23.1 Å². The van der Waals surface area contributed by atoms with E-state index < -0.39 is 34.0 Å². The van der Waals surface area contributed by atoms with E-state index in [0.717, 1.165) is 91.6 Å². The summed E-state index contributed by atoms with van der Waals surface area (Å²) < 4.78 is 28.3. The maximum Gasteiger partial charge on any atom is 0.165 e. The molecule has 8 heteroatoms. The standard InChI is InChI=1S/C33H32O2.C26H34O2.C21H22F2O2/c1-5-13-25-19-27(21-29(31(25)34)23-15-9-7-10-16-23)33(3,4)28-20-26(14-6-2)32(35)30(22-28)24-17-11-8-12-18-24;1-7-10-13-21-17-23(16-20(12-9-3)25(21)28)26(5,6)22-14-18(4)24(27)19(15-22)11-8-2;1-5-7-13-9-15(11-17(22)19(13)24)21(3,4)16-10-14(8-6-2)20(25)18(23)12-16/h5-12,15-22,34-35H,1-2,13-14H2,3-4H3;8-9,14-17,27-28H,2-3,7,10-13H2,1,4-6H3;5-6,9-12,24-25H,1-2,7-8H2,3-4H3. The van der Waals surface area contributed by atoms with Gasteiger partial charge < -0.3 is 30.6 Å². The minimum Gasteiger partial charge on any atom is -0.507 e. The van der Waals surface area contributed by atoms with Gasteiger partial charge in [-0.1, -0.05) is 201 Å². The third-order valence-corrected chi connectivity index (χ3v) is 16.8. The Morgan fingerprint density at radius 2 is 0.625 bits per heavy atom. The van der Waals surface area contributed by atoms with E-state index in [9.17, 15) is 39.4 Å². The van der Waals surface area contributed by atoms with Gasteiger partial charge in [-0.25, -0.2) is 8.78 Å². The van der Waals surface area contributed by atoms with E-state index in [-0.39, 0.29) is 5.41 Å². The van der Waals surface area contributed by atoms with Gasteiger partial charge in [-0.3, -0.25) is 0 Å². The number of allylic oxidation sites excluding steroid dienone is 6. The summed E-state index contributed by atoms with van der Waals surface area (Å²) in [6, 6.07) is 42.5. The largest absolute Gasteiger partial charge is 0.507 e. The van der Waals surface area contributed by atoms with Gasteiger partial charge in [0.25, 0.3) is 0 Å². The zero-order chi connectivity index (χ0) is 64.7. The molecule has 0 aromatic heterocycles. The highest BCUT2D eigenvalue weighted by atomic mass is 19.1. The molecular weight excluding hydrogens is 1090 g/mol. The second-order valence-corrected chi connectivity index (χ2v) is 24.1. The maximum absolute atomic E-state index is 14.1. The Morgan fingerprint density at radius 1 is 0.352 bits per heavy atom. The van der Waals surface area contributed by atoms with Gasteiger partial charge in [-0.2, -0.15) is 0 Å². The average Bonchev–Trinajstić information content (AvgIpc) is 1.01. The van der Waals surface area contributed by atoms with Crippen molar-refractivity contribution in [2.45, 2.75) is 129 Å². The first-order valence-electron chi connectivity index (χ1n) is 30.1. The van der Waals surface area contributed by atoms with E-state index in [1.54, 1.807) is 24.3 Å². The van der Waals surface area contributed by atoms with E-state index >= 15 is 0 Å². The Bertz CT molecular complexity index is 3640. The van der Waals surface area contributed by atoms with Crippen LogP contribution in [0.4, 0.5) is 8.78 Å². The van der Waals surface area contributed by atoms with Crippen LogP contribution < -0.4 is 0 Å². The Hall–Kier alpha value is -9.14. The molecule has 0 unspecified atom stereocenters. The summed E-state index contributed by atoms with van der Waals surface area (Å²) in [5.41, 5.74) is 14.0. The molecule has 0 spiro atoms. The van der Waals surface area contributed by atoms with Gasteiger partial charge in [0.2, 0.25) is 0 Å². The fourth-order valence-corrected chi connectivity index (χ4v) is 11.1. The number of aromatic hydroxyl groups is 6. The summed E-state index contributed by atoms with van der Waals surface area (Å²) in [6.07, 6.45) is 16.5. The van der Waals surface area contributed by atoms with Crippen molar-refractivity contribution in [3.63, 3.8) is 0 Å². The van der Waals surface area contributed by atoms with Crippen molar-refractivity contribution in [2.24, 2.45) is 0 Å². The molecule has 8 aromatic rings. The lowest BCUT2D eigenvalue weighted by Crippen LogP contribution is -2.20. The predicted molar refractivity (Wildman–Crippen MR) is 363 cm³/mol. The van der Waals surface area contributed by atoms with Gasteiger partial charge in [0.1, 0.15) is 23.0 Å². The summed E-state index contributed by atoms with van der Waals surface area (Å²) in [7, 11) is 0. The molecule has 88 heavy (non-hydrogen) atoms. The molecule has 6 N–H and O–H groups in total. The number of aryl methyl sites for hydroxylation is 2. The van der Waals surface area contributed by atoms with Crippen molar-refractivity contribution in [3.8, 4) is 56.8 Å². The molecule has 0 aliphatic carbocycles. The number of phenols is 6. The quantitative estimate of drug-likeness (QED) is 0.0355. The van der Waals surface area contributed by atoms with E-state index in [1.807, 2.05) is 106 Å². The first-order chi connectivity index (χ1) is 41.8. The topological polar surface area (TPSA) is 121 Å². The minimum absolute atomic E-state index is 0.265. The fraction of sp³-hybridized carbons (Fsp3) is 0.250. The van der Waals surface area contributed by atoms with Crippen LogP contribution in [0, 0.1) is 18.6 Å². The number of phenolic OH excluding ortho intramolecular Hbond substituents is 6. The lowest BCUT2D eigenvalue weighted by molar-refractivity contribution is 0.423. The highest BCUT2D eigenvalue weighted by Gasteiger charge is 2.31. The van der Waals surface area contributed by atoms with Crippen LogP contribution in [0.2, 0.25) is 0 Å². The minimum atomic E-state index is -0.741. The molecule has 0 amide bonds. The van der Waals surface area contributed by atoms with E-state index in [2.05, 4.69) is 123 Å². The molecule has 0 saturated carbocycles. The number of rotatable bonds is 23. The molecule has 0 bridgehead atoms. The number of unbranched alkanes of at least 4 members (excludes halogenated alkanes) is 1. The summed E-state index contributed by atoms with van der Waals surface area (Å²) in [4.78, 5) is 0. The van der Waals surface area contributed by atoms with E-state index in [4.69, 9.17) is 0 Å². The van der Waals surface area contributed by atoms with Crippen LogP contribution in [-0.2, 0) is 61.2 Å². The molecule has 0 aliphatic rings. The SMILES string of the molecule is C=CCc1cc(C(C)(C)c2cc(CC=C)c(O)c(-c3ccccc3)c2)cc(-c2ccccc2)c1O.C=CCc1cc(C(C)(C)c2cc(CC=C)c(O)c(CCCC)c2)cc(C)c1O.C=CCc1cc(C(C)(C)c2cc(F)c(O)c(CC=C)c2)cc(F)c1O. The third kappa shape index (κ3) is 15.5. The van der Waals surface area contributed by atoms with Crippen LogP contribution >= 0.6 is 0 Å². The van der Waals surface area contributed by atoms with Gasteiger partial charge in [0, 0.05) is 38.5 Å². The Kier molecular flexibility index (Phi) is 23.2. The van der Waals surface area contributed by atoms with Crippen molar-refractivity contribution < 1.29 is 39.4 Å². The van der Waals surface area contributed by atoms with Gasteiger partial charge in [-0.15, -0.1) is 39.5 Å². The highest BCUT2D eigenvalue weighted by molar-refractivity contribution is 5.76. The molecule has 0 aliphatic heterocycles. The monoisotopic (exact) mass is 1180 g/mol. The molecule has 0 heterocycles. The van der Waals surface area contributed by atoms with Crippen molar-refractivity contribution in [3.05, 3.63) is 299 Å². The lowest BCUT2D eigenvalue weighted by Gasteiger charge is -2.29. The highest BCUT2D eigenvalue weighted by Crippen LogP contribution is 2.45. The van der Waals surface area contributed by atoms with Crippen molar-refractivity contribution in [2.75, 3.05) is 0 Å². The second kappa shape index (κ2) is 30.0. The number of hydrogen-bond donors (Lipinski definition) is 6. The van der Waals surface area contributed by atoms with Gasteiger partial charge in [0.05, 0.1) is 0 Å². The number of benzene rings is 8. The Labute approximate surface area is 521 Å². The summed E-state index contributed by atoms with van der Waals surface area (Å²) in [5, 5.41) is 63.0. The summed E-state index contributed by atoms with van der Waals surface area (Å²) in [5.74, 6) is -0.922. The van der Waals surface area contributed by atoms with Crippen molar-refractivity contribution in [1.82, 2.24) is 0 Å². The fourth-order valence-electron chi connectivity index (χ4n) is 11.1. The molecule has 0 atom stereocenters. The molecule has 6 nitrogen and oxygen atoms in total. The van der Waals surface area contributed by atoms with E-state index in [1.165, 1.54) is 17.7 Å². The van der Waals surface area contributed by atoms with Gasteiger partial charge in [-0.05, 0) is 160 Å². The summed E-state index contributed by atoms with van der Waals surface area (Å²) in [6.45, 7) is 39.2. The van der Waals surface area contributed by atoms with Gasteiger partial charge >= 0.3 is 0 Å². The average molecular weight is 1180 g/mol. The van der Waals surface area contributed by atoms with Crippen LogP contribution in [0.5, 0.6) is 34.5 Å². The molecule has 458 valence electrons. The lowest BCUT2D eigenvalue weighted by atomic mass is 9.75. The molecule has 0 saturated heterocycles. The smallest absolute Gasteiger partial charge is 0.165 e. The first kappa shape index (κ1) is 68.0. The van der Waals surface area contributed by atoms with Crippen LogP contribution in [0.1, 0.15) is 139 Å². The van der Waals surface area contributed by atoms with Crippen LogP contribution in [0.25, 0.3) is 22.3 Å². The van der Waals surface area contributed by atoms with Crippen LogP contribution in [0.15, 0.2) is 209 Å². The molecular formula is C80H88F2O6. The molecule has 0 radical (unpaired) electrons. The molecule has 8 rings (SSSR count). The zero-order valence-electron chi connectivity index (χ0n) is 52.7. The molecule has 8 aromatic carbocycles. The number of hydrogen-bond acceptors (Lipinski definition) is 6. The Balaban J connectivity index is 0.000000214. The third-order valence-electron chi connectivity index (χ3n) is 16.8. The van der Waals surface area contributed by atoms with Crippen LogP contribution in [0.3, 0.4) is 0 Å². The van der Waals surface area contributed by atoms with Crippen molar-refractivity contribution in [1.29, 1.82) is 0 Å². The second-order valence-electron chi connectivity index (χ2n) is 24.1. The van der Waals surface area contributed by atoms with Crippen molar-refractivity contribution >= 4 is 0 Å². The predicted octanol–water partition coefficient (Wildman–Crippen LogP) is 19.9. The first-order valence-corrected chi connectivity index (χ1v) is 30.1. The summed E-state index contributed by atoms with van der Waals surface area (Å²) >= 11 is 0. The van der Waals surface area contributed by atoms with E-state index in [0.29, 0.717) is 83.8 Å². The normalized spacial score (nSPS) is 11.3. The molecule has 0 fully saturated rings. The maximum atomic E-state index is 14.1. The Morgan fingerprint density at radius 3 is 0.955 bits per heavy atom. The zero-order valence-corrected chi connectivity index (χ0v) is 52.7.